The van der Waals surface area contributed by atoms with E-state index in [0.717, 1.165) is 18.4 Å². The lowest BCUT2D eigenvalue weighted by Gasteiger charge is -2.30. The van der Waals surface area contributed by atoms with Gasteiger partial charge in [0.1, 0.15) is 5.82 Å². The van der Waals surface area contributed by atoms with Crippen molar-refractivity contribution in [3.8, 4) is 0 Å². The molecule has 0 saturated heterocycles. The number of hydrogen-bond donors (Lipinski definition) is 2. The van der Waals surface area contributed by atoms with Gasteiger partial charge in [0, 0.05) is 6.04 Å². The van der Waals surface area contributed by atoms with Crippen LogP contribution in [0, 0.1) is 17.7 Å². The van der Waals surface area contributed by atoms with Crippen molar-refractivity contribution in [2.75, 3.05) is 0 Å². The van der Waals surface area contributed by atoms with Crippen molar-refractivity contribution in [3.05, 3.63) is 35.6 Å². The number of carbonyl (C=O) groups is 1. The van der Waals surface area contributed by atoms with E-state index in [1.165, 1.54) is 12.1 Å². The molecule has 1 atom stereocenters. The monoisotopic (exact) mass is 251 g/mol. The minimum Gasteiger partial charge on any atom is -0.481 e. The van der Waals surface area contributed by atoms with E-state index in [1.54, 1.807) is 6.07 Å². The first-order valence-electron chi connectivity index (χ1n) is 6.32. The fraction of sp³-hybridized carbons (Fsp3) is 0.500. The zero-order chi connectivity index (χ0) is 13.1. The Morgan fingerprint density at radius 3 is 2.56 bits per heavy atom. The molecule has 0 spiro atoms. The Balaban J connectivity index is 1.99. The van der Waals surface area contributed by atoms with Gasteiger partial charge in [-0.1, -0.05) is 12.1 Å². The maximum absolute atomic E-state index is 13.1. The molecular weight excluding hydrogens is 233 g/mol. The fourth-order valence-corrected chi connectivity index (χ4v) is 2.71. The number of aliphatic carboxylic acids is 1. The Morgan fingerprint density at radius 1 is 1.33 bits per heavy atom. The van der Waals surface area contributed by atoms with E-state index in [9.17, 15) is 9.18 Å². The van der Waals surface area contributed by atoms with Crippen LogP contribution in [-0.4, -0.2) is 11.1 Å². The van der Waals surface area contributed by atoms with E-state index in [0.29, 0.717) is 12.8 Å². The van der Waals surface area contributed by atoms with Crippen molar-refractivity contribution in [1.29, 1.82) is 0 Å². The maximum Gasteiger partial charge on any atom is 0.306 e. The molecule has 1 aromatic carbocycles. The molecule has 0 aliphatic heterocycles. The van der Waals surface area contributed by atoms with E-state index in [-0.39, 0.29) is 23.7 Å². The van der Waals surface area contributed by atoms with E-state index in [2.05, 4.69) is 0 Å². The SMILES string of the molecule is NC(c1cccc(F)c1)C1CCC(C(=O)O)CC1. The van der Waals surface area contributed by atoms with Crippen LogP contribution in [0.2, 0.25) is 0 Å². The third-order valence-corrected chi connectivity index (χ3v) is 3.86. The van der Waals surface area contributed by atoms with Crippen molar-refractivity contribution in [2.45, 2.75) is 31.7 Å². The Kier molecular flexibility index (Phi) is 3.97. The lowest BCUT2D eigenvalue weighted by molar-refractivity contribution is -0.143. The fourth-order valence-electron chi connectivity index (χ4n) is 2.71. The smallest absolute Gasteiger partial charge is 0.306 e. The molecule has 1 unspecified atom stereocenters. The van der Waals surface area contributed by atoms with E-state index < -0.39 is 5.97 Å². The summed E-state index contributed by atoms with van der Waals surface area (Å²) in [7, 11) is 0. The molecule has 0 heterocycles. The molecular formula is C14H18FNO2. The van der Waals surface area contributed by atoms with Crippen molar-refractivity contribution in [2.24, 2.45) is 17.6 Å². The van der Waals surface area contributed by atoms with Gasteiger partial charge in [0.25, 0.3) is 0 Å². The summed E-state index contributed by atoms with van der Waals surface area (Å²) in [4.78, 5) is 10.9. The van der Waals surface area contributed by atoms with Gasteiger partial charge in [0.2, 0.25) is 0 Å². The molecule has 2 rings (SSSR count). The molecule has 1 aliphatic rings. The number of hydrogen-bond acceptors (Lipinski definition) is 2. The Hall–Kier alpha value is -1.42. The molecule has 3 nitrogen and oxygen atoms in total. The molecule has 0 bridgehead atoms. The van der Waals surface area contributed by atoms with Crippen LogP contribution in [0.25, 0.3) is 0 Å². The van der Waals surface area contributed by atoms with Crippen molar-refractivity contribution in [3.63, 3.8) is 0 Å². The highest BCUT2D eigenvalue weighted by atomic mass is 19.1. The molecule has 0 aromatic heterocycles. The molecule has 3 N–H and O–H groups in total. The van der Waals surface area contributed by atoms with Crippen molar-refractivity contribution < 1.29 is 14.3 Å². The maximum atomic E-state index is 13.1. The normalized spacial score (nSPS) is 25.7. The van der Waals surface area contributed by atoms with E-state index >= 15 is 0 Å². The Bertz CT molecular complexity index is 428. The standard InChI is InChI=1S/C14H18FNO2/c15-12-3-1-2-11(8-12)13(16)9-4-6-10(7-5-9)14(17)18/h1-3,8-10,13H,4-7,16H2,(H,17,18). The van der Waals surface area contributed by atoms with Gasteiger partial charge < -0.3 is 10.8 Å². The minimum absolute atomic E-state index is 0.199. The van der Waals surface area contributed by atoms with E-state index in [4.69, 9.17) is 10.8 Å². The number of benzene rings is 1. The topological polar surface area (TPSA) is 63.3 Å². The first kappa shape index (κ1) is 13.0. The first-order valence-corrected chi connectivity index (χ1v) is 6.32. The summed E-state index contributed by atoms with van der Waals surface area (Å²) in [6.45, 7) is 0. The van der Waals surface area contributed by atoms with Gasteiger partial charge in [-0.25, -0.2) is 4.39 Å². The van der Waals surface area contributed by atoms with Crippen LogP contribution in [0.5, 0.6) is 0 Å². The van der Waals surface area contributed by atoms with Crippen molar-refractivity contribution in [1.82, 2.24) is 0 Å². The second-order valence-corrected chi connectivity index (χ2v) is 5.03. The van der Waals surface area contributed by atoms with E-state index in [1.807, 2.05) is 6.07 Å². The zero-order valence-electron chi connectivity index (χ0n) is 10.2. The molecule has 1 fully saturated rings. The van der Waals surface area contributed by atoms with Gasteiger partial charge in [-0.3, -0.25) is 4.79 Å². The molecule has 0 radical (unpaired) electrons. The van der Waals surface area contributed by atoms with Gasteiger partial charge >= 0.3 is 5.97 Å². The summed E-state index contributed by atoms with van der Waals surface area (Å²) >= 11 is 0. The molecule has 1 aliphatic carbocycles. The van der Waals surface area contributed by atoms with Crippen LogP contribution in [0.1, 0.15) is 37.3 Å². The highest BCUT2D eigenvalue weighted by Gasteiger charge is 2.29. The highest BCUT2D eigenvalue weighted by Crippen LogP contribution is 2.35. The summed E-state index contributed by atoms with van der Waals surface area (Å²) in [5.74, 6) is -0.974. The summed E-state index contributed by atoms with van der Waals surface area (Å²) in [6, 6.07) is 6.16. The van der Waals surface area contributed by atoms with Crippen LogP contribution in [-0.2, 0) is 4.79 Å². The Labute approximate surface area is 106 Å². The number of carboxylic acid groups (broad SMARTS) is 1. The zero-order valence-corrected chi connectivity index (χ0v) is 10.2. The molecule has 18 heavy (non-hydrogen) atoms. The highest BCUT2D eigenvalue weighted by molar-refractivity contribution is 5.70. The molecule has 0 amide bonds. The quantitative estimate of drug-likeness (QED) is 0.868. The minimum atomic E-state index is -0.715. The second kappa shape index (κ2) is 5.48. The number of nitrogens with two attached hydrogens (primary N) is 1. The average molecular weight is 251 g/mol. The predicted octanol–water partition coefficient (Wildman–Crippen LogP) is 2.72. The molecule has 98 valence electrons. The lowest BCUT2D eigenvalue weighted by atomic mass is 9.77. The summed E-state index contributed by atoms with van der Waals surface area (Å²) < 4.78 is 13.1. The summed E-state index contributed by atoms with van der Waals surface area (Å²) in [5, 5.41) is 8.94. The number of rotatable bonds is 3. The molecule has 1 aromatic rings. The van der Waals surface area contributed by atoms with Crippen LogP contribution in [0.15, 0.2) is 24.3 Å². The largest absolute Gasteiger partial charge is 0.481 e. The second-order valence-electron chi connectivity index (χ2n) is 5.03. The van der Waals surface area contributed by atoms with Gasteiger partial charge in [0.15, 0.2) is 0 Å². The van der Waals surface area contributed by atoms with Crippen LogP contribution < -0.4 is 5.73 Å². The van der Waals surface area contributed by atoms with Gasteiger partial charge in [-0.15, -0.1) is 0 Å². The predicted molar refractivity (Wildman–Crippen MR) is 66.4 cm³/mol. The first-order chi connectivity index (χ1) is 8.58. The van der Waals surface area contributed by atoms with Crippen molar-refractivity contribution >= 4 is 5.97 Å². The van der Waals surface area contributed by atoms with Crippen LogP contribution in [0.3, 0.4) is 0 Å². The van der Waals surface area contributed by atoms with Gasteiger partial charge in [0.05, 0.1) is 5.92 Å². The Morgan fingerprint density at radius 2 is 2.00 bits per heavy atom. The molecule has 4 heteroatoms. The van der Waals surface area contributed by atoms with Crippen LogP contribution in [0.4, 0.5) is 4.39 Å². The average Bonchev–Trinajstić information content (AvgIpc) is 2.38. The number of halogens is 1. The third kappa shape index (κ3) is 2.88. The third-order valence-electron chi connectivity index (χ3n) is 3.86. The summed E-state index contributed by atoms with van der Waals surface area (Å²) in [6.07, 6.45) is 2.94. The summed E-state index contributed by atoms with van der Waals surface area (Å²) in [5.41, 5.74) is 6.95. The van der Waals surface area contributed by atoms with Crippen LogP contribution >= 0.6 is 0 Å². The number of carboxylic acids is 1. The van der Waals surface area contributed by atoms with Gasteiger partial charge in [-0.2, -0.15) is 0 Å². The molecule has 1 saturated carbocycles. The lowest BCUT2D eigenvalue weighted by Crippen LogP contribution is -2.28. The van der Waals surface area contributed by atoms with Gasteiger partial charge in [-0.05, 0) is 49.3 Å².